The van der Waals surface area contributed by atoms with Crippen molar-refractivity contribution in [2.24, 2.45) is 0 Å². The number of amides is 1. The lowest BCUT2D eigenvalue weighted by Crippen LogP contribution is -2.54. The van der Waals surface area contributed by atoms with Crippen LogP contribution in [0.5, 0.6) is 0 Å². The van der Waals surface area contributed by atoms with Gasteiger partial charge in [0.1, 0.15) is 17.5 Å². The van der Waals surface area contributed by atoms with Crippen LogP contribution in [0.15, 0.2) is 46.6 Å². The monoisotopic (exact) mass is 615 g/mol. The van der Waals surface area contributed by atoms with Gasteiger partial charge in [0.2, 0.25) is 5.91 Å². The predicted octanol–water partition coefficient (Wildman–Crippen LogP) is 5.99. The highest BCUT2D eigenvalue weighted by Gasteiger charge is 2.33. The van der Waals surface area contributed by atoms with E-state index in [9.17, 15) is 14.0 Å². The van der Waals surface area contributed by atoms with Crippen molar-refractivity contribution in [3.8, 4) is 11.1 Å². The van der Waals surface area contributed by atoms with E-state index < -0.39 is 11.6 Å². The number of aromatic nitrogens is 2. The molecule has 0 bridgehead atoms. The quantitative estimate of drug-likeness (QED) is 0.290. The lowest BCUT2D eigenvalue weighted by Gasteiger charge is -2.41. The average Bonchev–Trinajstić information content (AvgIpc) is 2.95. The normalized spacial score (nSPS) is 18.8. The van der Waals surface area contributed by atoms with Crippen molar-refractivity contribution in [3.05, 3.63) is 64.1 Å². The highest BCUT2D eigenvalue weighted by Crippen LogP contribution is 2.48. The Kier molecular flexibility index (Phi) is 8.97. The number of hydrogen-bond acceptors (Lipinski definition) is 6. The SMILES string of the molecule is C=CC(=O)N1CCN(c2nc(=O)n3c4c(c(-c5ccc(F)cc5F)c(Cl)cc24)SC[C@H]3CCCN(C)C(C)C)[C@@H](C)C1. The minimum atomic E-state index is -0.716. The maximum Gasteiger partial charge on any atom is 0.350 e. The number of benzene rings is 2. The van der Waals surface area contributed by atoms with Gasteiger partial charge in [-0.3, -0.25) is 9.36 Å². The smallest absolute Gasteiger partial charge is 0.350 e. The summed E-state index contributed by atoms with van der Waals surface area (Å²) in [4.78, 5) is 37.5. The number of nitrogens with zero attached hydrogens (tertiary/aromatic N) is 5. The van der Waals surface area contributed by atoms with Crippen LogP contribution in [-0.4, -0.2) is 76.3 Å². The number of halogens is 3. The van der Waals surface area contributed by atoms with E-state index in [0.29, 0.717) is 63.6 Å². The Hall–Kier alpha value is -2.95. The number of carbonyl (C=O) groups excluding carboxylic acids is 1. The minimum absolute atomic E-state index is 0.105. The predicted molar refractivity (Wildman–Crippen MR) is 167 cm³/mol. The summed E-state index contributed by atoms with van der Waals surface area (Å²) in [5.74, 6) is -0.426. The Morgan fingerprint density at radius 1 is 1.29 bits per heavy atom. The first-order valence-electron chi connectivity index (χ1n) is 14.3. The number of thioether (sulfide) groups is 1. The van der Waals surface area contributed by atoms with Gasteiger partial charge in [-0.2, -0.15) is 4.98 Å². The van der Waals surface area contributed by atoms with Crippen LogP contribution in [0.1, 0.15) is 39.7 Å². The molecule has 5 rings (SSSR count). The number of rotatable bonds is 8. The Morgan fingerprint density at radius 2 is 2.05 bits per heavy atom. The van der Waals surface area contributed by atoms with Gasteiger partial charge >= 0.3 is 5.69 Å². The average molecular weight is 616 g/mol. The molecule has 0 spiro atoms. The van der Waals surface area contributed by atoms with Crippen LogP contribution >= 0.6 is 23.4 Å². The van der Waals surface area contributed by atoms with Crippen molar-refractivity contribution in [2.45, 2.75) is 56.6 Å². The summed E-state index contributed by atoms with van der Waals surface area (Å²) >= 11 is 8.43. The van der Waals surface area contributed by atoms with Crippen molar-refractivity contribution in [2.75, 3.05) is 43.9 Å². The number of carbonyl (C=O) groups is 1. The number of anilines is 1. The number of piperazine rings is 1. The molecule has 7 nitrogen and oxygen atoms in total. The standard InChI is InChI=1S/C31H36ClF2N5O2S/c1-6-26(40)37-12-13-38(19(4)16-37)30-23-15-24(32)27(22-10-9-20(33)14-25(22)34)29-28(23)39(31(41)35-30)21(17-42-29)8-7-11-36(5)18(2)3/h6,9-10,14-15,18-19,21H,1,7-8,11-13,16-17H2,2-5H3/t19-,21+/m0/s1. The highest BCUT2D eigenvalue weighted by atomic mass is 35.5. The van der Waals surface area contributed by atoms with Gasteiger partial charge in [0.15, 0.2) is 0 Å². The summed E-state index contributed by atoms with van der Waals surface area (Å²) < 4.78 is 30.7. The van der Waals surface area contributed by atoms with Gasteiger partial charge in [0.25, 0.3) is 0 Å². The van der Waals surface area contributed by atoms with Gasteiger partial charge in [-0.05, 0) is 71.5 Å². The molecule has 2 aliphatic rings. The summed E-state index contributed by atoms with van der Waals surface area (Å²) in [6, 6.07) is 5.39. The van der Waals surface area contributed by atoms with Crippen molar-refractivity contribution >= 4 is 46.0 Å². The third kappa shape index (κ3) is 5.68. The largest absolute Gasteiger partial charge is 0.350 e. The van der Waals surface area contributed by atoms with Gasteiger partial charge < -0.3 is 14.7 Å². The topological polar surface area (TPSA) is 61.7 Å². The first kappa shape index (κ1) is 30.5. The van der Waals surface area contributed by atoms with Crippen LogP contribution < -0.4 is 10.6 Å². The first-order chi connectivity index (χ1) is 20.0. The minimum Gasteiger partial charge on any atom is -0.350 e. The van der Waals surface area contributed by atoms with E-state index in [0.717, 1.165) is 25.5 Å². The van der Waals surface area contributed by atoms with Crippen LogP contribution in [0.3, 0.4) is 0 Å². The lowest BCUT2D eigenvalue weighted by atomic mass is 10.0. The van der Waals surface area contributed by atoms with E-state index in [4.69, 9.17) is 11.6 Å². The molecule has 11 heteroatoms. The van der Waals surface area contributed by atoms with Crippen LogP contribution in [0, 0.1) is 11.6 Å². The summed E-state index contributed by atoms with van der Waals surface area (Å²) in [7, 11) is 2.09. The summed E-state index contributed by atoms with van der Waals surface area (Å²) in [5.41, 5.74) is 0.934. The Bertz CT molecular complexity index is 1600. The molecule has 0 saturated carbocycles. The third-order valence-corrected chi connectivity index (χ3v) is 9.93. The van der Waals surface area contributed by atoms with Gasteiger partial charge in [-0.25, -0.2) is 13.6 Å². The molecular weight excluding hydrogens is 580 g/mol. The van der Waals surface area contributed by atoms with Crippen LogP contribution in [0.2, 0.25) is 5.02 Å². The van der Waals surface area contributed by atoms with Crippen molar-refractivity contribution in [1.82, 2.24) is 19.4 Å². The Labute approximate surface area is 254 Å². The van der Waals surface area contributed by atoms with E-state index in [2.05, 4.69) is 37.4 Å². The molecule has 3 aromatic rings. The second-order valence-corrected chi connectivity index (χ2v) is 12.8. The summed E-state index contributed by atoms with van der Waals surface area (Å²) in [6.07, 6.45) is 2.98. The zero-order valence-corrected chi connectivity index (χ0v) is 25.9. The van der Waals surface area contributed by atoms with Gasteiger partial charge in [0, 0.05) is 71.0 Å². The Balaban J connectivity index is 1.66. The summed E-state index contributed by atoms with van der Waals surface area (Å²) in [5, 5.41) is 1.00. The molecular formula is C31H36ClF2N5O2S. The molecule has 0 N–H and O–H groups in total. The molecule has 1 fully saturated rings. The second-order valence-electron chi connectivity index (χ2n) is 11.4. The maximum absolute atomic E-state index is 15.1. The van der Waals surface area contributed by atoms with Crippen molar-refractivity contribution in [3.63, 3.8) is 0 Å². The fourth-order valence-electron chi connectivity index (χ4n) is 5.87. The molecule has 0 aliphatic carbocycles. The molecule has 1 amide bonds. The Morgan fingerprint density at radius 3 is 2.71 bits per heavy atom. The zero-order valence-electron chi connectivity index (χ0n) is 24.4. The molecule has 42 heavy (non-hydrogen) atoms. The van der Waals surface area contributed by atoms with E-state index in [1.165, 1.54) is 18.2 Å². The number of hydrogen-bond donors (Lipinski definition) is 0. The van der Waals surface area contributed by atoms with Gasteiger partial charge in [-0.1, -0.05) is 18.2 Å². The summed E-state index contributed by atoms with van der Waals surface area (Å²) in [6.45, 7) is 12.2. The first-order valence-corrected chi connectivity index (χ1v) is 15.6. The molecule has 1 aromatic heterocycles. The fourth-order valence-corrected chi connectivity index (χ4v) is 7.62. The van der Waals surface area contributed by atoms with E-state index in [1.807, 2.05) is 11.8 Å². The van der Waals surface area contributed by atoms with E-state index >= 15 is 4.39 Å². The van der Waals surface area contributed by atoms with E-state index in [-0.39, 0.29) is 29.2 Å². The van der Waals surface area contributed by atoms with Crippen LogP contribution in [0.4, 0.5) is 14.6 Å². The van der Waals surface area contributed by atoms with Gasteiger partial charge in [0.05, 0.1) is 10.5 Å². The van der Waals surface area contributed by atoms with Crippen LogP contribution in [0.25, 0.3) is 22.0 Å². The molecule has 2 aromatic carbocycles. The fraction of sp³-hybridized carbons (Fsp3) is 0.452. The van der Waals surface area contributed by atoms with Crippen molar-refractivity contribution < 1.29 is 13.6 Å². The lowest BCUT2D eigenvalue weighted by molar-refractivity contribution is -0.126. The molecule has 0 radical (unpaired) electrons. The van der Waals surface area contributed by atoms with Crippen LogP contribution in [-0.2, 0) is 4.79 Å². The molecule has 2 aliphatic heterocycles. The molecule has 1 saturated heterocycles. The van der Waals surface area contributed by atoms with Crippen molar-refractivity contribution in [1.29, 1.82) is 0 Å². The van der Waals surface area contributed by atoms with E-state index in [1.54, 1.807) is 27.3 Å². The highest BCUT2D eigenvalue weighted by molar-refractivity contribution is 7.99. The molecule has 224 valence electrons. The molecule has 3 heterocycles. The van der Waals surface area contributed by atoms with Gasteiger partial charge in [-0.15, -0.1) is 11.8 Å². The molecule has 2 atom stereocenters. The third-order valence-electron chi connectivity index (χ3n) is 8.40. The zero-order chi connectivity index (χ0) is 30.3. The maximum atomic E-state index is 15.1. The molecule has 0 unspecified atom stereocenters. The second kappa shape index (κ2) is 12.3.